The van der Waals surface area contributed by atoms with Crippen molar-refractivity contribution in [3.8, 4) is 11.5 Å². The van der Waals surface area contributed by atoms with E-state index in [1.165, 1.54) is 0 Å². The van der Waals surface area contributed by atoms with E-state index in [9.17, 15) is 9.90 Å². The number of azide groups is 1. The molecular weight excluding hydrogens is 300 g/mol. The summed E-state index contributed by atoms with van der Waals surface area (Å²) >= 11 is 0. The van der Waals surface area contributed by atoms with Gasteiger partial charge in [0.25, 0.3) is 0 Å². The van der Waals surface area contributed by atoms with Gasteiger partial charge in [0, 0.05) is 18.0 Å². The zero-order valence-corrected chi connectivity index (χ0v) is 12.6. The Morgan fingerprint density at radius 2 is 1.96 bits per heavy atom. The molecule has 3 rings (SSSR count). The Morgan fingerprint density at radius 3 is 2.65 bits per heavy atom. The molecule has 2 heterocycles. The molecule has 8 heteroatoms. The smallest absolute Gasteiger partial charge is 0.234 e. The number of benzene rings is 1. The van der Waals surface area contributed by atoms with Gasteiger partial charge in [-0.15, -0.1) is 0 Å². The second-order valence-corrected chi connectivity index (χ2v) is 5.53. The van der Waals surface area contributed by atoms with E-state index < -0.39 is 12.1 Å². The lowest BCUT2D eigenvalue weighted by atomic mass is 10.0. The fraction of sp³-hybridized carbons (Fsp3) is 0.533. The summed E-state index contributed by atoms with van der Waals surface area (Å²) in [5, 5.41) is 14.1. The predicted molar refractivity (Wildman–Crippen MR) is 81.1 cm³/mol. The van der Waals surface area contributed by atoms with Crippen molar-refractivity contribution in [3.05, 3.63) is 34.2 Å². The Balaban J connectivity index is 1.84. The number of hydrogen-bond acceptors (Lipinski definition) is 5. The number of nitrogens with zero attached hydrogens (tertiary/aromatic N) is 4. The second-order valence-electron chi connectivity index (χ2n) is 5.53. The number of ether oxygens (including phenoxy) is 2. The number of rotatable bonds is 4. The van der Waals surface area contributed by atoms with Crippen LogP contribution in [-0.4, -0.2) is 48.3 Å². The first kappa shape index (κ1) is 15.5. The quantitative estimate of drug-likeness (QED) is 0.518. The van der Waals surface area contributed by atoms with Crippen LogP contribution in [0.4, 0.5) is 0 Å². The zero-order chi connectivity index (χ0) is 16.2. The Bertz CT molecular complexity index is 638. The van der Waals surface area contributed by atoms with Gasteiger partial charge in [0.05, 0.1) is 6.10 Å². The molecule has 0 aliphatic carbocycles. The summed E-state index contributed by atoms with van der Waals surface area (Å²) in [5.41, 5.74) is 9.21. The fourth-order valence-corrected chi connectivity index (χ4v) is 2.85. The Hall–Kier alpha value is -2.44. The lowest BCUT2D eigenvalue weighted by Gasteiger charge is -2.25. The molecular formula is C15H18N4O4. The molecule has 2 aliphatic heterocycles. The molecule has 0 radical (unpaired) electrons. The van der Waals surface area contributed by atoms with Gasteiger partial charge < -0.3 is 19.5 Å². The maximum atomic E-state index is 12.5. The monoisotopic (exact) mass is 318 g/mol. The van der Waals surface area contributed by atoms with Crippen LogP contribution in [0.5, 0.6) is 11.5 Å². The Kier molecular flexibility index (Phi) is 4.55. The highest BCUT2D eigenvalue weighted by atomic mass is 16.6. The topological polar surface area (TPSA) is 108 Å². The minimum atomic E-state index is -1.23. The van der Waals surface area contributed by atoms with Crippen LogP contribution in [0.3, 0.4) is 0 Å². The number of carbonyl (C=O) groups is 1. The summed E-state index contributed by atoms with van der Waals surface area (Å²) in [6.07, 6.45) is 0.624. The van der Waals surface area contributed by atoms with Crippen LogP contribution >= 0.6 is 0 Å². The third-order valence-corrected chi connectivity index (χ3v) is 4.05. The highest BCUT2D eigenvalue weighted by Crippen LogP contribution is 2.34. The standard InChI is InChI=1S/C15H18N4O4/c16-18-17-13(15(21)19-5-1-2-6-19)14(20)10-3-4-11-12(9-10)23-8-7-22-11/h3-4,9,13-14,20H,1-2,5-8H2. The molecule has 23 heavy (non-hydrogen) atoms. The summed E-state index contributed by atoms with van der Waals surface area (Å²) in [5.74, 6) is 0.766. The second kappa shape index (κ2) is 6.76. The molecule has 2 unspecified atom stereocenters. The number of carbonyl (C=O) groups excluding carboxylic acids is 1. The summed E-state index contributed by atoms with van der Waals surface area (Å²) in [7, 11) is 0. The number of fused-ring (bicyclic) bond motifs is 1. The SMILES string of the molecule is [N-]=[N+]=NC(C(=O)N1CCCC1)C(O)c1ccc2c(c1)OCCO2. The lowest BCUT2D eigenvalue weighted by molar-refractivity contribution is -0.134. The molecule has 122 valence electrons. The third kappa shape index (κ3) is 3.18. The van der Waals surface area contributed by atoms with Crippen LogP contribution in [0.15, 0.2) is 23.3 Å². The summed E-state index contributed by atoms with van der Waals surface area (Å²) < 4.78 is 10.9. The first-order valence-corrected chi connectivity index (χ1v) is 7.61. The van der Waals surface area contributed by atoms with E-state index >= 15 is 0 Å². The van der Waals surface area contributed by atoms with Crippen LogP contribution in [-0.2, 0) is 4.79 Å². The normalized spacial score (nSPS) is 18.9. The van der Waals surface area contributed by atoms with E-state index in [-0.39, 0.29) is 5.91 Å². The number of likely N-dealkylation sites (tertiary alicyclic amines) is 1. The summed E-state index contributed by atoms with van der Waals surface area (Å²) in [6.45, 7) is 2.16. The van der Waals surface area contributed by atoms with Crippen molar-refractivity contribution in [2.75, 3.05) is 26.3 Å². The first-order valence-electron chi connectivity index (χ1n) is 7.61. The third-order valence-electron chi connectivity index (χ3n) is 4.05. The molecule has 8 nitrogen and oxygen atoms in total. The minimum Gasteiger partial charge on any atom is -0.486 e. The molecule has 2 atom stereocenters. The van der Waals surface area contributed by atoms with E-state index in [1.54, 1.807) is 23.1 Å². The largest absolute Gasteiger partial charge is 0.486 e. The lowest BCUT2D eigenvalue weighted by Crippen LogP contribution is -2.39. The highest BCUT2D eigenvalue weighted by molar-refractivity contribution is 5.83. The number of aliphatic hydroxyl groups excluding tert-OH is 1. The molecule has 1 fully saturated rings. The van der Waals surface area contributed by atoms with Gasteiger partial charge in [-0.1, -0.05) is 11.2 Å². The first-order chi connectivity index (χ1) is 11.2. The van der Waals surface area contributed by atoms with Crippen LogP contribution < -0.4 is 9.47 Å². The molecule has 0 saturated carbocycles. The molecule has 2 aliphatic rings. The predicted octanol–water partition coefficient (Wildman–Crippen LogP) is 1.79. The van der Waals surface area contributed by atoms with Crippen molar-refractivity contribution in [2.24, 2.45) is 5.11 Å². The van der Waals surface area contributed by atoms with Gasteiger partial charge in [-0.2, -0.15) is 0 Å². The van der Waals surface area contributed by atoms with E-state index in [2.05, 4.69) is 10.0 Å². The van der Waals surface area contributed by atoms with Crippen molar-refractivity contribution in [1.29, 1.82) is 0 Å². The molecule has 0 spiro atoms. The van der Waals surface area contributed by atoms with Crippen LogP contribution in [0.2, 0.25) is 0 Å². The molecule has 1 N–H and O–H groups in total. The van der Waals surface area contributed by atoms with Crippen LogP contribution in [0.25, 0.3) is 10.4 Å². The van der Waals surface area contributed by atoms with E-state index in [1.807, 2.05) is 0 Å². The zero-order valence-electron chi connectivity index (χ0n) is 12.6. The summed E-state index contributed by atoms with van der Waals surface area (Å²) in [6, 6.07) is 3.77. The van der Waals surface area contributed by atoms with Crippen molar-refractivity contribution in [2.45, 2.75) is 25.0 Å². The minimum absolute atomic E-state index is 0.345. The van der Waals surface area contributed by atoms with Crippen LogP contribution in [0.1, 0.15) is 24.5 Å². The molecule has 1 amide bonds. The maximum Gasteiger partial charge on any atom is 0.234 e. The molecule has 1 saturated heterocycles. The Morgan fingerprint density at radius 1 is 1.26 bits per heavy atom. The van der Waals surface area contributed by atoms with E-state index in [0.717, 1.165) is 12.8 Å². The van der Waals surface area contributed by atoms with Gasteiger partial charge in [0.15, 0.2) is 11.5 Å². The van der Waals surface area contributed by atoms with Gasteiger partial charge in [-0.3, -0.25) is 4.79 Å². The number of amides is 1. The van der Waals surface area contributed by atoms with Crippen molar-refractivity contribution in [3.63, 3.8) is 0 Å². The van der Waals surface area contributed by atoms with Crippen molar-refractivity contribution >= 4 is 5.91 Å². The maximum absolute atomic E-state index is 12.5. The van der Waals surface area contributed by atoms with Crippen LogP contribution in [0, 0.1) is 0 Å². The van der Waals surface area contributed by atoms with Gasteiger partial charge in [0.1, 0.15) is 19.3 Å². The van der Waals surface area contributed by atoms with Crippen molar-refractivity contribution < 1.29 is 19.4 Å². The van der Waals surface area contributed by atoms with Crippen molar-refractivity contribution in [1.82, 2.24) is 4.90 Å². The van der Waals surface area contributed by atoms with E-state index in [4.69, 9.17) is 15.0 Å². The number of aliphatic hydroxyl groups is 1. The molecule has 0 bridgehead atoms. The fourth-order valence-electron chi connectivity index (χ4n) is 2.85. The molecule has 0 aromatic heterocycles. The average molecular weight is 318 g/mol. The van der Waals surface area contributed by atoms with Gasteiger partial charge in [-0.05, 0) is 36.1 Å². The van der Waals surface area contributed by atoms with Gasteiger partial charge >= 0.3 is 0 Å². The highest BCUT2D eigenvalue weighted by Gasteiger charge is 2.32. The summed E-state index contributed by atoms with van der Waals surface area (Å²) in [4.78, 5) is 16.8. The van der Waals surface area contributed by atoms with E-state index in [0.29, 0.717) is 43.4 Å². The van der Waals surface area contributed by atoms with Gasteiger partial charge in [0.2, 0.25) is 5.91 Å². The average Bonchev–Trinajstić information content (AvgIpc) is 3.12. The molecule has 1 aromatic carbocycles. The molecule has 1 aromatic rings. The Labute approximate surface area is 133 Å². The van der Waals surface area contributed by atoms with Gasteiger partial charge in [-0.25, -0.2) is 0 Å². The number of hydrogen-bond donors (Lipinski definition) is 1.